The number of nitro benzene ring substituents is 1. The average molecular weight is 487 g/mol. The third kappa shape index (κ3) is 4.54. The Morgan fingerprint density at radius 2 is 1.84 bits per heavy atom. The van der Waals surface area contributed by atoms with E-state index in [1.54, 1.807) is 36.4 Å². The molecule has 2 N–H and O–H groups in total. The van der Waals surface area contributed by atoms with Gasteiger partial charge < -0.3 is 9.73 Å². The molecule has 4 rings (SSSR count). The summed E-state index contributed by atoms with van der Waals surface area (Å²) < 4.78 is 5.76. The molecule has 1 amide bonds. The quantitative estimate of drug-likeness (QED) is 0.212. The van der Waals surface area contributed by atoms with Gasteiger partial charge in [-0.2, -0.15) is 0 Å². The Morgan fingerprint density at radius 3 is 2.59 bits per heavy atom. The second kappa shape index (κ2) is 8.91. The van der Waals surface area contributed by atoms with Gasteiger partial charge in [-0.25, -0.2) is 4.98 Å². The van der Waals surface area contributed by atoms with Crippen molar-refractivity contribution in [2.45, 2.75) is 0 Å². The highest BCUT2D eigenvalue weighted by Gasteiger charge is 2.20. The maximum atomic E-state index is 12.4. The number of thiocarbonyl (C=S) groups is 1. The first-order valence-electron chi connectivity index (χ1n) is 9.03. The third-order valence-corrected chi connectivity index (χ3v) is 5.33. The van der Waals surface area contributed by atoms with Gasteiger partial charge in [0.25, 0.3) is 11.6 Å². The van der Waals surface area contributed by atoms with Crippen molar-refractivity contribution >= 4 is 68.9 Å². The predicted molar refractivity (Wildman–Crippen MR) is 126 cm³/mol. The number of carbonyl (C=O) groups excluding carboxylic acids is 1. The number of rotatable bonds is 4. The second-order valence-corrected chi connectivity index (χ2v) is 7.74. The van der Waals surface area contributed by atoms with Gasteiger partial charge in [-0.1, -0.05) is 35.3 Å². The van der Waals surface area contributed by atoms with Crippen LogP contribution in [0.2, 0.25) is 10.0 Å². The summed E-state index contributed by atoms with van der Waals surface area (Å²) in [6, 6.07) is 15.7. The lowest BCUT2D eigenvalue weighted by molar-refractivity contribution is -0.385. The Bertz CT molecular complexity index is 1390. The monoisotopic (exact) mass is 486 g/mol. The maximum absolute atomic E-state index is 12.4. The lowest BCUT2D eigenvalue weighted by atomic mass is 10.1. The van der Waals surface area contributed by atoms with Crippen molar-refractivity contribution < 1.29 is 14.1 Å². The van der Waals surface area contributed by atoms with Crippen LogP contribution in [0.5, 0.6) is 0 Å². The van der Waals surface area contributed by atoms with Crippen molar-refractivity contribution in [3.63, 3.8) is 0 Å². The Morgan fingerprint density at radius 1 is 1.06 bits per heavy atom. The van der Waals surface area contributed by atoms with Crippen LogP contribution < -0.4 is 10.6 Å². The number of nitro groups is 1. The van der Waals surface area contributed by atoms with Crippen LogP contribution in [0.15, 0.2) is 65.1 Å². The molecule has 0 saturated carbocycles. The molecule has 3 aromatic carbocycles. The summed E-state index contributed by atoms with van der Waals surface area (Å²) in [7, 11) is 0. The van der Waals surface area contributed by atoms with E-state index in [-0.39, 0.29) is 16.4 Å². The van der Waals surface area contributed by atoms with Gasteiger partial charge >= 0.3 is 0 Å². The number of aromatic nitrogens is 1. The van der Waals surface area contributed by atoms with E-state index in [1.165, 1.54) is 24.3 Å². The Hall–Kier alpha value is -3.53. The number of nitrogens with one attached hydrogen (secondary N) is 2. The van der Waals surface area contributed by atoms with Crippen molar-refractivity contribution in [1.29, 1.82) is 0 Å². The highest BCUT2D eigenvalue weighted by Crippen LogP contribution is 2.30. The van der Waals surface area contributed by atoms with Crippen molar-refractivity contribution in [1.82, 2.24) is 10.3 Å². The van der Waals surface area contributed by atoms with Gasteiger partial charge in [0.2, 0.25) is 5.89 Å². The van der Waals surface area contributed by atoms with Crippen LogP contribution in [0.3, 0.4) is 0 Å². The van der Waals surface area contributed by atoms with Gasteiger partial charge in [-0.05, 0) is 54.7 Å². The average Bonchev–Trinajstić information content (AvgIpc) is 3.19. The molecule has 0 aliphatic heterocycles. The van der Waals surface area contributed by atoms with E-state index in [0.29, 0.717) is 38.3 Å². The molecule has 8 nitrogen and oxygen atoms in total. The normalized spacial score (nSPS) is 10.7. The molecule has 0 radical (unpaired) electrons. The SMILES string of the molecule is O=C(NC(=S)Nc1ccc2oc(-c3ccc(Cl)c(Cl)c3)nc2c1)c1ccccc1[N+](=O)[O-]. The molecule has 0 bridgehead atoms. The highest BCUT2D eigenvalue weighted by atomic mass is 35.5. The lowest BCUT2D eigenvalue weighted by Crippen LogP contribution is -2.34. The zero-order valence-corrected chi connectivity index (χ0v) is 18.3. The van der Waals surface area contributed by atoms with Gasteiger partial charge in [-0.15, -0.1) is 0 Å². The number of anilines is 1. The first kappa shape index (κ1) is 21.7. The van der Waals surface area contributed by atoms with Crippen molar-refractivity contribution in [3.05, 3.63) is 86.4 Å². The zero-order valence-electron chi connectivity index (χ0n) is 16.0. The van der Waals surface area contributed by atoms with Gasteiger partial charge in [0.05, 0.1) is 15.0 Å². The molecular formula is C21H12Cl2N4O4S. The van der Waals surface area contributed by atoms with Crippen LogP contribution in [-0.4, -0.2) is 20.9 Å². The maximum Gasteiger partial charge on any atom is 0.282 e. The fraction of sp³-hybridized carbons (Fsp3) is 0. The summed E-state index contributed by atoms with van der Waals surface area (Å²) in [5, 5.41) is 17.2. The zero-order chi connectivity index (χ0) is 22.8. The Labute approximate surface area is 196 Å². The summed E-state index contributed by atoms with van der Waals surface area (Å²) in [6.07, 6.45) is 0. The first-order chi connectivity index (χ1) is 15.3. The largest absolute Gasteiger partial charge is 0.436 e. The Kier molecular flexibility index (Phi) is 6.04. The smallest absolute Gasteiger partial charge is 0.282 e. The summed E-state index contributed by atoms with van der Waals surface area (Å²) in [4.78, 5) is 27.3. The summed E-state index contributed by atoms with van der Waals surface area (Å²) in [6.45, 7) is 0. The topological polar surface area (TPSA) is 110 Å². The van der Waals surface area contributed by atoms with Crippen molar-refractivity contribution in [2.24, 2.45) is 0 Å². The number of benzene rings is 3. The predicted octanol–water partition coefficient (Wildman–Crippen LogP) is 5.84. The van der Waals surface area contributed by atoms with Crippen LogP contribution in [0, 0.1) is 10.1 Å². The molecule has 0 fully saturated rings. The summed E-state index contributed by atoms with van der Waals surface area (Å²) in [5.41, 5.74) is 1.87. The number of nitrogens with zero attached hydrogens (tertiary/aromatic N) is 2. The molecule has 11 heteroatoms. The molecular weight excluding hydrogens is 475 g/mol. The molecule has 0 unspecified atom stereocenters. The van der Waals surface area contributed by atoms with E-state index < -0.39 is 10.8 Å². The minimum atomic E-state index is -0.695. The molecule has 0 spiro atoms. The fourth-order valence-electron chi connectivity index (χ4n) is 2.92. The molecule has 0 aliphatic rings. The highest BCUT2D eigenvalue weighted by molar-refractivity contribution is 7.80. The third-order valence-electron chi connectivity index (χ3n) is 4.38. The number of carbonyl (C=O) groups is 1. The van der Waals surface area contributed by atoms with E-state index in [0.717, 1.165) is 0 Å². The van der Waals surface area contributed by atoms with Gasteiger partial charge in [0, 0.05) is 17.3 Å². The number of hydrogen-bond acceptors (Lipinski definition) is 6. The van der Waals surface area contributed by atoms with Crippen LogP contribution in [0.25, 0.3) is 22.6 Å². The van der Waals surface area contributed by atoms with Crippen molar-refractivity contribution in [2.75, 3.05) is 5.32 Å². The van der Waals surface area contributed by atoms with E-state index in [2.05, 4.69) is 15.6 Å². The standard InChI is InChI=1S/C21H12Cl2N4O4S/c22-14-7-5-11(9-15(14)23)20-25-16-10-12(6-8-18(16)31-20)24-21(32)26-19(28)13-3-1-2-4-17(13)27(29)30/h1-10H,(H2,24,26,28,32). The van der Waals surface area contributed by atoms with Crippen LogP contribution in [-0.2, 0) is 0 Å². The number of amides is 1. The van der Waals surface area contributed by atoms with E-state index in [4.69, 9.17) is 39.8 Å². The number of oxazole rings is 1. The fourth-order valence-corrected chi connectivity index (χ4v) is 3.42. The molecule has 0 saturated heterocycles. The molecule has 4 aromatic rings. The van der Waals surface area contributed by atoms with E-state index >= 15 is 0 Å². The van der Waals surface area contributed by atoms with E-state index in [9.17, 15) is 14.9 Å². The van der Waals surface area contributed by atoms with Crippen LogP contribution in [0.4, 0.5) is 11.4 Å². The molecule has 1 aromatic heterocycles. The summed E-state index contributed by atoms with van der Waals surface area (Å²) in [5.74, 6) is -0.331. The van der Waals surface area contributed by atoms with E-state index in [1.807, 2.05) is 0 Å². The second-order valence-electron chi connectivity index (χ2n) is 6.51. The number of halogens is 2. The van der Waals surface area contributed by atoms with Crippen LogP contribution >= 0.6 is 35.4 Å². The van der Waals surface area contributed by atoms with Gasteiger partial charge in [-0.3, -0.25) is 20.2 Å². The molecule has 160 valence electrons. The minimum absolute atomic E-state index is 0.0271. The van der Waals surface area contributed by atoms with Gasteiger partial charge in [0.1, 0.15) is 11.1 Å². The molecule has 0 aliphatic carbocycles. The number of hydrogen-bond donors (Lipinski definition) is 2. The lowest BCUT2D eigenvalue weighted by Gasteiger charge is -2.09. The minimum Gasteiger partial charge on any atom is -0.436 e. The molecule has 1 heterocycles. The number of para-hydroxylation sites is 1. The summed E-state index contributed by atoms with van der Waals surface area (Å²) >= 11 is 17.2. The number of fused-ring (bicyclic) bond motifs is 1. The molecule has 0 atom stereocenters. The first-order valence-corrected chi connectivity index (χ1v) is 10.2. The van der Waals surface area contributed by atoms with Crippen LogP contribution in [0.1, 0.15) is 10.4 Å². The van der Waals surface area contributed by atoms with Gasteiger partial charge in [0.15, 0.2) is 10.7 Å². The van der Waals surface area contributed by atoms with Crippen molar-refractivity contribution in [3.8, 4) is 11.5 Å². The molecule has 32 heavy (non-hydrogen) atoms. The Balaban J connectivity index is 1.51.